The quantitative estimate of drug-likeness (QED) is 0.669. The zero-order chi connectivity index (χ0) is 22.0. The molecule has 2 amide bonds. The van der Waals surface area contributed by atoms with E-state index in [1.807, 2.05) is 29.2 Å². The molecule has 0 spiro atoms. The van der Waals surface area contributed by atoms with Gasteiger partial charge in [-0.05, 0) is 36.9 Å². The number of ether oxygens (including phenoxy) is 2. The fourth-order valence-corrected chi connectivity index (χ4v) is 4.16. The molecule has 0 N–H and O–H groups in total. The Kier molecular flexibility index (Phi) is 5.95. The van der Waals surface area contributed by atoms with Gasteiger partial charge in [0, 0.05) is 31.7 Å². The first-order chi connectivity index (χ1) is 15.1. The van der Waals surface area contributed by atoms with Gasteiger partial charge in [0.1, 0.15) is 17.2 Å². The number of carbonyl (C=O) groups is 2. The first-order valence-corrected chi connectivity index (χ1v) is 10.5. The molecule has 2 aromatic carbocycles. The fourth-order valence-electron chi connectivity index (χ4n) is 4.16. The maximum atomic E-state index is 13.6. The molecule has 2 aliphatic rings. The number of nitrogens with zero attached hydrogens (tertiary/aromatic N) is 3. The third-order valence-electron chi connectivity index (χ3n) is 5.90. The van der Waals surface area contributed by atoms with Gasteiger partial charge in [-0.3, -0.25) is 9.59 Å². The van der Waals surface area contributed by atoms with Crippen LogP contribution in [-0.4, -0.2) is 68.6 Å². The number of hydrogen-bond acceptors (Lipinski definition) is 6. The van der Waals surface area contributed by atoms with Gasteiger partial charge in [0.2, 0.25) is 0 Å². The van der Waals surface area contributed by atoms with Crippen LogP contribution in [0.25, 0.3) is 5.57 Å². The fraction of sp³-hybridized carbons (Fsp3) is 0.333. The highest BCUT2D eigenvalue weighted by molar-refractivity contribution is 6.45. The maximum Gasteiger partial charge on any atom is 0.282 e. The Hall–Kier alpha value is -3.32. The minimum Gasteiger partial charge on any atom is -0.497 e. The van der Waals surface area contributed by atoms with E-state index < -0.39 is 0 Å². The summed E-state index contributed by atoms with van der Waals surface area (Å²) < 4.78 is 10.7. The summed E-state index contributed by atoms with van der Waals surface area (Å²) >= 11 is 0. The summed E-state index contributed by atoms with van der Waals surface area (Å²) in [4.78, 5) is 32.9. The van der Waals surface area contributed by atoms with Gasteiger partial charge in [0.15, 0.2) is 0 Å². The molecule has 7 heteroatoms. The number of imide groups is 1. The van der Waals surface area contributed by atoms with Crippen molar-refractivity contribution in [2.75, 3.05) is 51.8 Å². The Labute approximate surface area is 182 Å². The van der Waals surface area contributed by atoms with Crippen LogP contribution in [0.2, 0.25) is 0 Å². The number of benzene rings is 2. The first kappa shape index (κ1) is 20.9. The second-order valence-corrected chi connectivity index (χ2v) is 7.49. The van der Waals surface area contributed by atoms with E-state index in [1.165, 1.54) is 4.90 Å². The Morgan fingerprint density at radius 2 is 1.52 bits per heavy atom. The van der Waals surface area contributed by atoms with Crippen LogP contribution < -0.4 is 14.4 Å². The van der Waals surface area contributed by atoms with Crippen LogP contribution in [0.5, 0.6) is 11.5 Å². The third-order valence-corrected chi connectivity index (χ3v) is 5.90. The molecule has 2 heterocycles. The van der Waals surface area contributed by atoms with Crippen molar-refractivity contribution >= 4 is 23.1 Å². The van der Waals surface area contributed by atoms with Crippen molar-refractivity contribution in [3.8, 4) is 11.5 Å². The lowest BCUT2D eigenvalue weighted by Crippen LogP contribution is -2.47. The van der Waals surface area contributed by atoms with Gasteiger partial charge in [0.25, 0.3) is 11.8 Å². The molecule has 31 heavy (non-hydrogen) atoms. The van der Waals surface area contributed by atoms with Gasteiger partial charge in [-0.25, -0.2) is 4.90 Å². The summed E-state index contributed by atoms with van der Waals surface area (Å²) in [5.41, 5.74) is 1.99. The minimum absolute atomic E-state index is 0.305. The van der Waals surface area contributed by atoms with Crippen LogP contribution in [0.4, 0.5) is 5.69 Å². The maximum absolute atomic E-state index is 13.6. The average molecular weight is 421 g/mol. The molecule has 4 rings (SSSR count). The number of para-hydroxylation sites is 1. The monoisotopic (exact) mass is 421 g/mol. The van der Waals surface area contributed by atoms with E-state index in [0.717, 1.165) is 19.6 Å². The summed E-state index contributed by atoms with van der Waals surface area (Å²) in [6.07, 6.45) is 0. The number of likely N-dealkylation sites (N-methyl/N-ethyl adjacent to an activating group) is 1. The Morgan fingerprint density at radius 1 is 0.839 bits per heavy atom. The zero-order valence-electron chi connectivity index (χ0n) is 18.1. The first-order valence-electron chi connectivity index (χ1n) is 10.5. The van der Waals surface area contributed by atoms with Crippen LogP contribution in [-0.2, 0) is 9.59 Å². The standard InChI is InChI=1S/C24H27N3O4/c1-4-25-13-15-26(16-14-25)22-21(19-7-5-6-8-20(19)31-3)23(28)27(24(22)29)17-9-11-18(30-2)12-10-17/h5-12H,4,13-16H2,1-3H3. The topological polar surface area (TPSA) is 62.3 Å². The molecule has 162 valence electrons. The van der Waals surface area contributed by atoms with Gasteiger partial charge in [-0.1, -0.05) is 25.1 Å². The van der Waals surface area contributed by atoms with Crippen LogP contribution in [0.15, 0.2) is 54.2 Å². The number of carbonyl (C=O) groups excluding carboxylic acids is 2. The molecule has 2 aromatic rings. The Bertz CT molecular complexity index is 1010. The second-order valence-electron chi connectivity index (χ2n) is 7.49. The lowest BCUT2D eigenvalue weighted by Gasteiger charge is -2.36. The highest BCUT2D eigenvalue weighted by atomic mass is 16.5. The van der Waals surface area contributed by atoms with Gasteiger partial charge in [0.05, 0.1) is 25.5 Å². The number of rotatable bonds is 6. The van der Waals surface area contributed by atoms with E-state index in [1.54, 1.807) is 38.5 Å². The van der Waals surface area contributed by atoms with Crippen LogP contribution >= 0.6 is 0 Å². The average Bonchev–Trinajstić information content (AvgIpc) is 3.08. The largest absolute Gasteiger partial charge is 0.497 e. The number of piperazine rings is 1. The SMILES string of the molecule is CCN1CCN(C2=C(c3ccccc3OC)C(=O)N(c3ccc(OC)cc3)C2=O)CC1. The summed E-state index contributed by atoms with van der Waals surface area (Å²) in [5, 5.41) is 0. The minimum atomic E-state index is -0.340. The molecule has 0 saturated carbocycles. The highest BCUT2D eigenvalue weighted by Crippen LogP contribution is 2.38. The number of anilines is 1. The van der Waals surface area contributed by atoms with Crippen molar-refractivity contribution in [1.29, 1.82) is 0 Å². The molecule has 0 bridgehead atoms. The smallest absolute Gasteiger partial charge is 0.282 e. The molecule has 1 saturated heterocycles. The van der Waals surface area contributed by atoms with Gasteiger partial charge < -0.3 is 19.3 Å². The lowest BCUT2D eigenvalue weighted by molar-refractivity contribution is -0.120. The van der Waals surface area contributed by atoms with E-state index in [4.69, 9.17) is 9.47 Å². The summed E-state index contributed by atoms with van der Waals surface area (Å²) in [6.45, 7) is 6.18. The predicted octanol–water partition coefficient (Wildman–Crippen LogP) is 2.63. The number of methoxy groups -OCH3 is 2. The molecule has 0 aromatic heterocycles. The van der Waals surface area contributed by atoms with Crippen molar-refractivity contribution in [1.82, 2.24) is 9.80 Å². The van der Waals surface area contributed by atoms with E-state index in [9.17, 15) is 9.59 Å². The molecule has 1 fully saturated rings. The molecule has 0 aliphatic carbocycles. The molecule has 2 aliphatic heterocycles. The molecule has 7 nitrogen and oxygen atoms in total. The normalized spacial score (nSPS) is 17.5. The van der Waals surface area contributed by atoms with Crippen molar-refractivity contribution < 1.29 is 19.1 Å². The van der Waals surface area contributed by atoms with Gasteiger partial charge in [-0.15, -0.1) is 0 Å². The molecule has 0 unspecified atom stereocenters. The molecular formula is C24H27N3O4. The van der Waals surface area contributed by atoms with Crippen molar-refractivity contribution in [3.05, 3.63) is 59.8 Å². The van der Waals surface area contributed by atoms with E-state index in [0.29, 0.717) is 47.1 Å². The summed E-state index contributed by atoms with van der Waals surface area (Å²) in [6, 6.07) is 14.3. The predicted molar refractivity (Wildman–Crippen MR) is 119 cm³/mol. The van der Waals surface area contributed by atoms with Crippen molar-refractivity contribution in [2.24, 2.45) is 0 Å². The molecular weight excluding hydrogens is 394 g/mol. The van der Waals surface area contributed by atoms with Crippen molar-refractivity contribution in [2.45, 2.75) is 6.92 Å². The van der Waals surface area contributed by atoms with Crippen LogP contribution in [0.3, 0.4) is 0 Å². The third kappa shape index (κ3) is 3.77. The van der Waals surface area contributed by atoms with Crippen LogP contribution in [0.1, 0.15) is 12.5 Å². The van der Waals surface area contributed by atoms with Crippen molar-refractivity contribution in [3.63, 3.8) is 0 Å². The van der Waals surface area contributed by atoms with Crippen LogP contribution in [0, 0.1) is 0 Å². The number of amides is 2. The van der Waals surface area contributed by atoms with Gasteiger partial charge >= 0.3 is 0 Å². The second kappa shape index (κ2) is 8.81. The van der Waals surface area contributed by atoms with E-state index in [-0.39, 0.29) is 11.8 Å². The van der Waals surface area contributed by atoms with Gasteiger partial charge in [-0.2, -0.15) is 0 Å². The molecule has 0 atom stereocenters. The Balaban J connectivity index is 1.79. The number of hydrogen-bond donors (Lipinski definition) is 0. The van der Waals surface area contributed by atoms with E-state index in [2.05, 4.69) is 11.8 Å². The summed E-state index contributed by atoms with van der Waals surface area (Å²) in [7, 11) is 3.15. The molecule has 0 radical (unpaired) electrons. The lowest BCUT2D eigenvalue weighted by atomic mass is 10.0. The summed E-state index contributed by atoms with van der Waals surface area (Å²) in [5.74, 6) is 0.588. The zero-order valence-corrected chi connectivity index (χ0v) is 18.1. The highest BCUT2D eigenvalue weighted by Gasteiger charge is 2.43. The Morgan fingerprint density at radius 3 is 2.13 bits per heavy atom. The van der Waals surface area contributed by atoms with E-state index >= 15 is 0 Å².